The predicted octanol–water partition coefficient (Wildman–Crippen LogP) is 0.390. The summed E-state index contributed by atoms with van der Waals surface area (Å²) in [6, 6.07) is 0. The topological polar surface area (TPSA) is 41.6 Å². The lowest BCUT2D eigenvalue weighted by Gasteiger charge is -2.31. The van der Waals surface area contributed by atoms with Crippen LogP contribution in [0.1, 0.15) is 33.6 Å². The van der Waals surface area contributed by atoms with Gasteiger partial charge in [0.05, 0.1) is 7.74 Å². The van der Waals surface area contributed by atoms with Crippen LogP contribution in [0.2, 0.25) is 0 Å². The monoisotopic (exact) mass is 236 g/mol. The van der Waals surface area contributed by atoms with Crippen molar-refractivity contribution in [3.8, 4) is 0 Å². The molecule has 4 nitrogen and oxygen atoms in total. The average Bonchev–Trinajstić information content (AvgIpc) is 2.24. The fourth-order valence-corrected chi connectivity index (χ4v) is 1.69. The first-order valence-electron chi connectivity index (χ1n) is 6.31. The van der Waals surface area contributed by atoms with Crippen LogP contribution in [0.3, 0.4) is 0 Å². The number of likely N-dealkylation sites (tertiary alicyclic amines) is 1. The minimum atomic E-state index is -0.406. The summed E-state index contributed by atoms with van der Waals surface area (Å²) in [6.07, 6.45) is 3.75. The minimum absolute atomic E-state index is 0.194. The van der Waals surface area contributed by atoms with E-state index < -0.39 is 5.60 Å². The van der Waals surface area contributed by atoms with E-state index in [1.54, 1.807) is 4.90 Å². The van der Waals surface area contributed by atoms with Gasteiger partial charge in [-0.25, -0.2) is 4.79 Å². The molecule has 1 amide bonds. The Balaban J connectivity index is 2.39. The molecule has 0 bridgehead atoms. The minimum Gasteiger partial charge on any atom is -0.444 e. The number of nitrogens with zero attached hydrogens (tertiary/aromatic N) is 1. The van der Waals surface area contributed by atoms with Crippen molar-refractivity contribution in [2.45, 2.75) is 39.2 Å². The highest BCUT2D eigenvalue weighted by atomic mass is 16.6. The Hall–Kier alpha value is -1.06. The smallest absolute Gasteiger partial charge is 0.410 e. The van der Waals surface area contributed by atoms with Crippen LogP contribution >= 0.6 is 0 Å². The number of nitrogens with one attached hydrogen (secondary N) is 1. The molecule has 0 aliphatic carbocycles. The molecule has 1 aliphatic rings. The van der Waals surface area contributed by atoms with Gasteiger partial charge in [0.1, 0.15) is 5.60 Å². The molecular formula is C11H22B2N2O2. The first-order valence-corrected chi connectivity index (χ1v) is 6.31. The fraction of sp³-hybridized carbons (Fsp3) is 0.727. The summed E-state index contributed by atoms with van der Waals surface area (Å²) < 4.78 is 5.35. The Kier molecular flexibility index (Phi) is 4.97. The highest BCUT2D eigenvalue weighted by molar-refractivity contribution is 6.87. The van der Waals surface area contributed by atoms with Crippen molar-refractivity contribution in [1.29, 1.82) is 0 Å². The van der Waals surface area contributed by atoms with E-state index in [-0.39, 0.29) is 6.09 Å². The summed E-state index contributed by atoms with van der Waals surface area (Å²) >= 11 is 0. The van der Waals surface area contributed by atoms with Crippen LogP contribution in [0, 0.1) is 0 Å². The molecule has 0 spiro atoms. The van der Waals surface area contributed by atoms with Gasteiger partial charge in [0.15, 0.2) is 7.31 Å². The number of piperidine rings is 1. The number of amides is 1. The first-order chi connectivity index (χ1) is 7.92. The summed E-state index contributed by atoms with van der Waals surface area (Å²) in [5, 5.41) is 3.20. The van der Waals surface area contributed by atoms with Gasteiger partial charge >= 0.3 is 6.09 Å². The van der Waals surface area contributed by atoms with Gasteiger partial charge in [-0.3, -0.25) is 0 Å². The molecule has 0 unspecified atom stereocenters. The maximum absolute atomic E-state index is 11.8. The number of ether oxygens (including phenoxy) is 1. The third kappa shape index (κ3) is 5.20. The summed E-state index contributed by atoms with van der Waals surface area (Å²) in [5.74, 6) is 0. The van der Waals surface area contributed by atoms with E-state index in [0.29, 0.717) is 0 Å². The summed E-state index contributed by atoms with van der Waals surface area (Å²) in [5.41, 5.74) is 0.975. The Bertz CT molecular complexity index is 290. The molecule has 0 aromatic carbocycles. The molecule has 1 heterocycles. The van der Waals surface area contributed by atoms with Gasteiger partial charge in [0.25, 0.3) is 0 Å². The van der Waals surface area contributed by atoms with Gasteiger partial charge in [0.2, 0.25) is 0 Å². The second kappa shape index (κ2) is 6.03. The van der Waals surface area contributed by atoms with Crippen molar-refractivity contribution in [3.05, 3.63) is 11.8 Å². The van der Waals surface area contributed by atoms with Crippen LogP contribution in [0.25, 0.3) is 0 Å². The number of hydrogen-bond acceptors (Lipinski definition) is 3. The van der Waals surface area contributed by atoms with Gasteiger partial charge in [-0.1, -0.05) is 5.57 Å². The van der Waals surface area contributed by atoms with Crippen LogP contribution in [-0.4, -0.2) is 44.7 Å². The van der Waals surface area contributed by atoms with E-state index in [9.17, 15) is 4.79 Å². The third-order valence-corrected chi connectivity index (χ3v) is 2.57. The zero-order valence-electron chi connectivity index (χ0n) is 11.4. The molecule has 1 fully saturated rings. The lowest BCUT2D eigenvalue weighted by Crippen LogP contribution is -2.40. The Morgan fingerprint density at radius 2 is 2.06 bits per heavy atom. The van der Waals surface area contributed by atoms with Gasteiger partial charge in [-0.05, 0) is 39.8 Å². The average molecular weight is 236 g/mol. The van der Waals surface area contributed by atoms with Crippen molar-refractivity contribution in [2.75, 3.05) is 13.1 Å². The van der Waals surface area contributed by atoms with Crippen LogP contribution in [0.4, 0.5) is 4.79 Å². The standard InChI is InChI=1S/C11H22B2N2O2/c1-11(2,3)17-10(16)15-6-4-9(5-7-15)8-14-13-12/h8,13-14H,4-7,12H2,1-3H3. The first kappa shape index (κ1) is 14.0. The molecule has 0 radical (unpaired) electrons. The number of carbonyl (C=O) groups excluding carboxylic acids is 1. The molecule has 1 saturated heterocycles. The predicted molar refractivity (Wildman–Crippen MR) is 74.0 cm³/mol. The van der Waals surface area contributed by atoms with E-state index in [4.69, 9.17) is 4.74 Å². The second-order valence-corrected chi connectivity index (χ2v) is 5.33. The number of rotatable bonds is 2. The molecule has 1 rings (SSSR count). The maximum atomic E-state index is 11.8. The molecule has 17 heavy (non-hydrogen) atoms. The zero-order valence-corrected chi connectivity index (χ0v) is 11.4. The maximum Gasteiger partial charge on any atom is 0.410 e. The van der Waals surface area contributed by atoms with E-state index in [1.165, 1.54) is 5.57 Å². The molecule has 94 valence electrons. The van der Waals surface area contributed by atoms with Crippen LogP contribution in [-0.2, 0) is 4.74 Å². The molecule has 0 saturated carbocycles. The van der Waals surface area contributed by atoms with E-state index in [2.05, 4.69) is 19.2 Å². The van der Waals surface area contributed by atoms with Gasteiger partial charge in [0, 0.05) is 13.1 Å². The van der Waals surface area contributed by atoms with E-state index in [1.807, 2.05) is 20.8 Å². The van der Waals surface area contributed by atoms with Crippen molar-refractivity contribution in [3.63, 3.8) is 0 Å². The summed E-state index contributed by atoms with van der Waals surface area (Å²) in [6.45, 7) is 7.19. The van der Waals surface area contributed by atoms with Gasteiger partial charge < -0.3 is 14.9 Å². The highest BCUT2D eigenvalue weighted by Gasteiger charge is 2.24. The van der Waals surface area contributed by atoms with Crippen molar-refractivity contribution in [2.24, 2.45) is 0 Å². The lowest BCUT2D eigenvalue weighted by molar-refractivity contribution is 0.0236. The summed E-state index contributed by atoms with van der Waals surface area (Å²) in [4.78, 5) is 13.6. The fourth-order valence-electron chi connectivity index (χ4n) is 1.69. The molecular weight excluding hydrogens is 214 g/mol. The number of carbonyl (C=O) groups is 1. The molecule has 6 heteroatoms. The molecule has 0 atom stereocenters. The number of hydrogen-bond donors (Lipinski definition) is 1. The third-order valence-electron chi connectivity index (χ3n) is 2.57. The Labute approximate surface area is 105 Å². The van der Waals surface area contributed by atoms with Crippen molar-refractivity contribution in [1.82, 2.24) is 10.1 Å². The summed E-state index contributed by atoms with van der Waals surface area (Å²) in [7, 11) is 3.02. The normalized spacial score (nSPS) is 16.4. The van der Waals surface area contributed by atoms with Crippen LogP contribution < -0.4 is 5.23 Å². The Morgan fingerprint density at radius 3 is 2.53 bits per heavy atom. The quantitative estimate of drug-likeness (QED) is 0.705. The van der Waals surface area contributed by atoms with Crippen LogP contribution in [0.5, 0.6) is 0 Å². The second-order valence-electron chi connectivity index (χ2n) is 5.33. The van der Waals surface area contributed by atoms with Gasteiger partial charge in [-0.2, -0.15) is 0 Å². The lowest BCUT2D eigenvalue weighted by atomic mass is 9.67. The van der Waals surface area contributed by atoms with E-state index >= 15 is 0 Å². The van der Waals surface area contributed by atoms with Crippen molar-refractivity contribution < 1.29 is 9.53 Å². The van der Waals surface area contributed by atoms with Gasteiger partial charge in [-0.15, -0.1) is 0 Å². The Morgan fingerprint density at radius 1 is 1.47 bits per heavy atom. The molecule has 0 aromatic heterocycles. The van der Waals surface area contributed by atoms with Crippen LogP contribution in [0.15, 0.2) is 11.8 Å². The molecule has 0 aromatic rings. The van der Waals surface area contributed by atoms with Crippen molar-refractivity contribution >= 4 is 21.1 Å². The molecule has 1 N–H and O–H groups in total. The largest absolute Gasteiger partial charge is 0.444 e. The highest BCUT2D eigenvalue weighted by Crippen LogP contribution is 2.18. The SMILES string of the molecule is BBNC=C1CCN(C(=O)OC(C)(C)C)CC1. The van der Waals surface area contributed by atoms with E-state index in [0.717, 1.165) is 33.2 Å². The zero-order chi connectivity index (χ0) is 12.9. The molecule has 1 aliphatic heterocycles.